The smallest absolute Gasteiger partial charge is 0.355 e. The molecule has 1 unspecified atom stereocenters. The van der Waals surface area contributed by atoms with E-state index in [0.717, 1.165) is 11.2 Å². The van der Waals surface area contributed by atoms with Crippen LogP contribution in [0.1, 0.15) is 40.2 Å². The van der Waals surface area contributed by atoms with Crippen molar-refractivity contribution in [1.82, 2.24) is 4.90 Å². The third-order valence-corrected chi connectivity index (χ3v) is 5.38. The molecule has 1 aliphatic heterocycles. The molecule has 0 bridgehead atoms. The zero-order chi connectivity index (χ0) is 23.0. The molecular formula is C20H24N2O7S. The molecule has 1 atom stereocenters. The van der Waals surface area contributed by atoms with Crippen LogP contribution >= 0.6 is 0 Å². The van der Waals surface area contributed by atoms with E-state index in [1.165, 1.54) is 30.3 Å². The maximum Gasteiger partial charge on any atom is 0.355 e. The molecule has 1 aliphatic rings. The third-order valence-electron chi connectivity index (χ3n) is 4.10. The van der Waals surface area contributed by atoms with Gasteiger partial charge in [0.25, 0.3) is 11.6 Å². The highest BCUT2D eigenvalue weighted by Crippen LogP contribution is 2.37. The topological polar surface area (TPSA) is 124 Å². The van der Waals surface area contributed by atoms with Gasteiger partial charge in [0.15, 0.2) is 15.2 Å². The number of ether oxygens (including phenoxy) is 1. The number of β-lactam (4-membered cyclic amide) rings is 1. The second-order valence-electron chi connectivity index (χ2n) is 8.16. The van der Waals surface area contributed by atoms with E-state index >= 15 is 0 Å². The number of benzene rings is 1. The Morgan fingerprint density at radius 3 is 2.13 bits per heavy atom. The summed E-state index contributed by atoms with van der Waals surface area (Å²) < 4.78 is 30.2. The van der Waals surface area contributed by atoms with Crippen molar-refractivity contribution in [2.45, 2.75) is 45.6 Å². The Balaban J connectivity index is 2.49. The predicted molar refractivity (Wildman–Crippen MR) is 111 cm³/mol. The van der Waals surface area contributed by atoms with Gasteiger partial charge < -0.3 is 4.74 Å². The van der Waals surface area contributed by atoms with Crippen LogP contribution in [-0.2, 0) is 24.2 Å². The van der Waals surface area contributed by atoms with E-state index in [1.54, 1.807) is 34.6 Å². The summed E-state index contributed by atoms with van der Waals surface area (Å²) in [6.45, 7) is 8.17. The molecule has 2 rings (SSSR count). The lowest BCUT2D eigenvalue weighted by Crippen LogP contribution is -2.59. The highest BCUT2D eigenvalue weighted by molar-refractivity contribution is 7.91. The third kappa shape index (κ3) is 4.93. The zero-order valence-corrected chi connectivity index (χ0v) is 18.4. The molecular weight excluding hydrogens is 412 g/mol. The van der Waals surface area contributed by atoms with E-state index in [2.05, 4.69) is 0 Å². The van der Waals surface area contributed by atoms with Gasteiger partial charge in [-0.1, -0.05) is 0 Å². The molecule has 1 aromatic carbocycles. The Hall–Kier alpha value is -3.01. The van der Waals surface area contributed by atoms with E-state index in [-0.39, 0.29) is 17.0 Å². The first-order valence-electron chi connectivity index (χ1n) is 9.03. The molecule has 0 saturated carbocycles. The number of hydrogen-bond acceptors (Lipinski definition) is 7. The summed E-state index contributed by atoms with van der Waals surface area (Å²) in [4.78, 5) is 36.7. The van der Waals surface area contributed by atoms with Gasteiger partial charge in [0.05, 0.1) is 10.5 Å². The number of nitrogens with zero attached hydrogens (tertiary/aromatic N) is 2. The molecule has 0 spiro atoms. The largest absolute Gasteiger partial charge is 0.455 e. The van der Waals surface area contributed by atoms with Gasteiger partial charge in [0.2, 0.25) is 0 Å². The number of hydrogen-bond donors (Lipinski definition) is 0. The Kier molecular flexibility index (Phi) is 6.22. The molecule has 1 saturated heterocycles. The Morgan fingerprint density at radius 2 is 1.73 bits per heavy atom. The molecule has 0 radical (unpaired) electrons. The van der Waals surface area contributed by atoms with Gasteiger partial charge in [-0.2, -0.15) is 0 Å². The van der Waals surface area contributed by atoms with Gasteiger partial charge in [0.1, 0.15) is 11.3 Å². The Labute approximate surface area is 175 Å². The SMILES string of the molecule is CC(C)=C(C(=O)OC(C)(C)C)N1C(=O)/C(=C/c2ccc([N+](=O)[O-])cc2)C1S(C)(=O)=O. The van der Waals surface area contributed by atoms with Crippen LogP contribution in [0, 0.1) is 10.1 Å². The van der Waals surface area contributed by atoms with Crippen molar-refractivity contribution in [1.29, 1.82) is 0 Å². The summed E-state index contributed by atoms with van der Waals surface area (Å²) in [6.07, 6.45) is 2.32. The minimum atomic E-state index is -3.81. The normalized spacial score (nSPS) is 18.1. The molecule has 1 aromatic rings. The summed E-state index contributed by atoms with van der Waals surface area (Å²) in [6, 6.07) is 5.34. The molecule has 0 aromatic heterocycles. The second-order valence-corrected chi connectivity index (χ2v) is 10.3. The van der Waals surface area contributed by atoms with Crippen LogP contribution in [0.15, 0.2) is 41.1 Å². The van der Waals surface area contributed by atoms with Crippen molar-refractivity contribution in [2.24, 2.45) is 0 Å². The minimum Gasteiger partial charge on any atom is -0.455 e. The minimum absolute atomic E-state index is 0.0336. The number of likely N-dealkylation sites (tertiary alicyclic amines) is 1. The van der Waals surface area contributed by atoms with Crippen LogP contribution in [0.2, 0.25) is 0 Å². The zero-order valence-electron chi connectivity index (χ0n) is 17.6. The molecule has 1 amide bonds. The number of esters is 1. The summed E-state index contributed by atoms with van der Waals surface area (Å²) in [5, 5.41) is 9.42. The number of non-ortho nitro benzene ring substituents is 1. The molecule has 162 valence electrons. The fourth-order valence-electron chi connectivity index (χ4n) is 2.94. The lowest BCUT2D eigenvalue weighted by Gasteiger charge is -2.42. The lowest BCUT2D eigenvalue weighted by atomic mass is 10.00. The molecule has 9 nitrogen and oxygen atoms in total. The molecule has 0 N–H and O–H groups in total. The van der Waals surface area contributed by atoms with Gasteiger partial charge in [-0.05, 0) is 64.0 Å². The molecule has 1 fully saturated rings. The van der Waals surface area contributed by atoms with Crippen molar-refractivity contribution in [3.63, 3.8) is 0 Å². The van der Waals surface area contributed by atoms with Gasteiger partial charge in [0, 0.05) is 18.4 Å². The number of allylic oxidation sites excluding steroid dienone is 1. The fraction of sp³-hybridized carbons (Fsp3) is 0.400. The average Bonchev–Trinajstić information content (AvgIpc) is 2.57. The van der Waals surface area contributed by atoms with E-state index in [1.807, 2.05) is 0 Å². The molecule has 30 heavy (non-hydrogen) atoms. The van der Waals surface area contributed by atoms with Crippen LogP contribution in [0.4, 0.5) is 5.69 Å². The van der Waals surface area contributed by atoms with Crippen LogP contribution in [0.25, 0.3) is 6.08 Å². The number of nitro groups is 1. The number of sulfone groups is 1. The Bertz CT molecular complexity index is 1060. The molecule has 0 aliphatic carbocycles. The summed E-state index contributed by atoms with van der Waals surface area (Å²) in [7, 11) is -3.81. The number of nitro benzene ring substituents is 1. The summed E-state index contributed by atoms with van der Waals surface area (Å²) in [5.41, 5.74) is -0.257. The van der Waals surface area contributed by atoms with Crippen molar-refractivity contribution >= 4 is 33.5 Å². The maximum absolute atomic E-state index is 12.9. The lowest BCUT2D eigenvalue weighted by molar-refractivity contribution is -0.384. The summed E-state index contributed by atoms with van der Waals surface area (Å²) in [5.74, 6) is -1.44. The predicted octanol–water partition coefficient (Wildman–Crippen LogP) is 2.83. The monoisotopic (exact) mass is 436 g/mol. The highest BCUT2D eigenvalue weighted by atomic mass is 32.2. The van der Waals surface area contributed by atoms with Gasteiger partial charge in [-0.15, -0.1) is 0 Å². The number of carbonyl (C=O) groups excluding carboxylic acids is 2. The first-order valence-corrected chi connectivity index (χ1v) is 11.0. The van der Waals surface area contributed by atoms with E-state index in [0.29, 0.717) is 11.1 Å². The Morgan fingerprint density at radius 1 is 1.20 bits per heavy atom. The van der Waals surface area contributed by atoms with E-state index in [9.17, 15) is 28.1 Å². The second kappa shape index (κ2) is 8.02. The van der Waals surface area contributed by atoms with Crippen LogP contribution in [0.5, 0.6) is 0 Å². The van der Waals surface area contributed by atoms with Gasteiger partial charge >= 0.3 is 5.97 Å². The number of carbonyl (C=O) groups is 2. The summed E-state index contributed by atoms with van der Waals surface area (Å²) >= 11 is 0. The fourth-order valence-corrected chi connectivity index (χ4v) is 4.15. The number of amides is 1. The van der Waals surface area contributed by atoms with Crippen molar-refractivity contribution < 1.29 is 27.7 Å². The van der Waals surface area contributed by atoms with E-state index < -0.39 is 37.6 Å². The van der Waals surface area contributed by atoms with Crippen LogP contribution in [-0.4, -0.2) is 47.3 Å². The van der Waals surface area contributed by atoms with Gasteiger partial charge in [-0.3, -0.25) is 19.8 Å². The van der Waals surface area contributed by atoms with Crippen LogP contribution < -0.4 is 0 Å². The first-order chi connectivity index (χ1) is 13.6. The standard InChI is InChI=1S/C20H24N2O7S/c1-12(2)16(19(24)29-20(3,4)5)21-17(23)15(18(21)30(6,27)28)11-13-7-9-14(10-8-13)22(25)26/h7-11,18H,1-6H3/b15-11-. The van der Waals surface area contributed by atoms with Crippen molar-refractivity contribution in [3.8, 4) is 0 Å². The van der Waals surface area contributed by atoms with Crippen molar-refractivity contribution in [2.75, 3.05) is 6.26 Å². The van der Waals surface area contributed by atoms with Gasteiger partial charge in [-0.25, -0.2) is 13.2 Å². The highest BCUT2D eigenvalue weighted by Gasteiger charge is 2.52. The van der Waals surface area contributed by atoms with Crippen LogP contribution in [0.3, 0.4) is 0 Å². The quantitative estimate of drug-likeness (QED) is 0.228. The molecule has 10 heteroatoms. The van der Waals surface area contributed by atoms with Crippen molar-refractivity contribution in [3.05, 3.63) is 56.8 Å². The van der Waals surface area contributed by atoms with E-state index in [4.69, 9.17) is 4.74 Å². The maximum atomic E-state index is 12.9. The average molecular weight is 436 g/mol. The molecule has 1 heterocycles. The number of rotatable bonds is 5. The first kappa shape index (κ1) is 23.3.